The SMILES string of the molecule is CCOc1ccccc1CNC(=O)C1CCN(C(=O)c2ncn3c2CO[C@H](c2ccccc2)C3)CC1. The van der Waals surface area contributed by atoms with E-state index in [2.05, 4.69) is 22.4 Å². The maximum atomic E-state index is 13.3. The number of hydrogen-bond donors (Lipinski definition) is 1. The number of imidazole rings is 1. The number of likely N-dealkylation sites (tertiary alicyclic amines) is 1. The highest BCUT2D eigenvalue weighted by atomic mass is 16.5. The molecule has 2 aliphatic heterocycles. The van der Waals surface area contributed by atoms with E-state index in [1.807, 2.05) is 54.0 Å². The third kappa shape index (κ3) is 5.14. The van der Waals surface area contributed by atoms with Gasteiger partial charge in [-0.2, -0.15) is 0 Å². The van der Waals surface area contributed by atoms with Gasteiger partial charge in [0.1, 0.15) is 11.9 Å². The lowest BCUT2D eigenvalue weighted by Gasteiger charge is -2.31. The maximum absolute atomic E-state index is 13.3. The Morgan fingerprint density at radius 2 is 1.83 bits per heavy atom. The van der Waals surface area contributed by atoms with E-state index in [0.29, 0.717) is 57.9 Å². The summed E-state index contributed by atoms with van der Waals surface area (Å²) < 4.78 is 13.7. The molecule has 1 fully saturated rings. The molecular formula is C28H32N4O4. The molecule has 1 N–H and O–H groups in total. The van der Waals surface area contributed by atoms with Gasteiger partial charge in [0.05, 0.1) is 31.8 Å². The minimum Gasteiger partial charge on any atom is -0.494 e. The fraction of sp³-hybridized carbons (Fsp3) is 0.393. The van der Waals surface area contributed by atoms with E-state index in [0.717, 1.165) is 22.6 Å². The third-order valence-electron chi connectivity index (χ3n) is 6.98. The first-order valence-corrected chi connectivity index (χ1v) is 12.6. The Kier molecular flexibility index (Phi) is 7.32. The summed E-state index contributed by atoms with van der Waals surface area (Å²) in [7, 11) is 0. The van der Waals surface area contributed by atoms with Gasteiger partial charge in [0.2, 0.25) is 5.91 Å². The molecule has 188 valence electrons. The predicted molar refractivity (Wildman–Crippen MR) is 134 cm³/mol. The van der Waals surface area contributed by atoms with Crippen LogP contribution < -0.4 is 10.1 Å². The van der Waals surface area contributed by atoms with Crippen LogP contribution in [-0.4, -0.2) is 46.0 Å². The van der Waals surface area contributed by atoms with E-state index >= 15 is 0 Å². The number of fused-ring (bicyclic) bond motifs is 1. The van der Waals surface area contributed by atoms with Crippen LogP contribution in [-0.2, 0) is 29.2 Å². The normalized spacial score (nSPS) is 17.9. The Morgan fingerprint density at radius 1 is 1.08 bits per heavy atom. The number of amides is 2. The standard InChI is InChI=1S/C28H32N4O4/c1-2-35-24-11-7-6-10-22(24)16-29-27(33)21-12-14-31(15-13-21)28(34)26-23-18-36-25(17-32(23)19-30-26)20-8-4-3-5-9-20/h3-11,19,21,25H,2,12-18H2,1H3,(H,29,33)/t25-/m0/s1. The fourth-order valence-electron chi connectivity index (χ4n) is 4.94. The first-order valence-electron chi connectivity index (χ1n) is 12.6. The van der Waals surface area contributed by atoms with Crippen molar-refractivity contribution in [1.29, 1.82) is 0 Å². The third-order valence-corrected chi connectivity index (χ3v) is 6.98. The Morgan fingerprint density at radius 3 is 2.61 bits per heavy atom. The summed E-state index contributed by atoms with van der Waals surface area (Å²) >= 11 is 0. The molecule has 2 amide bonds. The van der Waals surface area contributed by atoms with Crippen LogP contribution in [0.25, 0.3) is 0 Å². The summed E-state index contributed by atoms with van der Waals surface area (Å²) in [5.74, 6) is 0.616. The molecule has 1 aromatic heterocycles. The zero-order valence-electron chi connectivity index (χ0n) is 20.6. The van der Waals surface area contributed by atoms with Crippen molar-refractivity contribution in [3.63, 3.8) is 0 Å². The number of ether oxygens (including phenoxy) is 2. The predicted octanol–water partition coefficient (Wildman–Crippen LogP) is 3.72. The molecular weight excluding hydrogens is 456 g/mol. The first kappa shape index (κ1) is 24.1. The molecule has 0 unspecified atom stereocenters. The van der Waals surface area contributed by atoms with Crippen LogP contribution in [0.1, 0.15) is 53.2 Å². The van der Waals surface area contributed by atoms with Crippen molar-refractivity contribution < 1.29 is 19.1 Å². The lowest BCUT2D eigenvalue weighted by atomic mass is 9.95. The van der Waals surface area contributed by atoms with Crippen molar-refractivity contribution >= 4 is 11.8 Å². The number of nitrogens with one attached hydrogen (secondary N) is 1. The number of benzene rings is 2. The highest BCUT2D eigenvalue weighted by Gasteiger charge is 2.32. The number of hydrogen-bond acceptors (Lipinski definition) is 5. The Labute approximate surface area is 211 Å². The van der Waals surface area contributed by atoms with Gasteiger partial charge in [0.25, 0.3) is 5.91 Å². The summed E-state index contributed by atoms with van der Waals surface area (Å²) in [5, 5.41) is 3.04. The van der Waals surface area contributed by atoms with Crippen LogP contribution in [0.4, 0.5) is 0 Å². The molecule has 0 spiro atoms. The summed E-state index contributed by atoms with van der Waals surface area (Å²) in [6.07, 6.45) is 2.95. The quantitative estimate of drug-likeness (QED) is 0.548. The van der Waals surface area contributed by atoms with Gasteiger partial charge in [-0.3, -0.25) is 9.59 Å². The molecule has 0 radical (unpaired) electrons. The number of para-hydroxylation sites is 1. The Bertz CT molecular complexity index is 1200. The van der Waals surface area contributed by atoms with Gasteiger partial charge in [-0.05, 0) is 31.4 Å². The number of piperidine rings is 1. The lowest BCUT2D eigenvalue weighted by Crippen LogP contribution is -2.43. The average molecular weight is 489 g/mol. The molecule has 2 aliphatic rings. The van der Waals surface area contributed by atoms with E-state index in [1.165, 1.54) is 0 Å². The molecule has 3 heterocycles. The van der Waals surface area contributed by atoms with Crippen LogP contribution in [0.5, 0.6) is 5.75 Å². The molecule has 0 aliphatic carbocycles. The molecule has 2 aromatic carbocycles. The lowest BCUT2D eigenvalue weighted by molar-refractivity contribution is -0.126. The molecule has 1 saturated heterocycles. The van der Waals surface area contributed by atoms with E-state index in [1.54, 1.807) is 11.2 Å². The number of rotatable bonds is 7. The van der Waals surface area contributed by atoms with Gasteiger partial charge in [-0.1, -0.05) is 48.5 Å². The second kappa shape index (κ2) is 11.0. The second-order valence-electron chi connectivity index (χ2n) is 9.23. The minimum absolute atomic E-state index is 0.0214. The van der Waals surface area contributed by atoms with Gasteiger partial charge in [0.15, 0.2) is 5.69 Å². The molecule has 36 heavy (non-hydrogen) atoms. The van der Waals surface area contributed by atoms with E-state index in [-0.39, 0.29) is 23.8 Å². The summed E-state index contributed by atoms with van der Waals surface area (Å²) in [6.45, 7) is 5.00. The zero-order valence-corrected chi connectivity index (χ0v) is 20.6. The van der Waals surface area contributed by atoms with Gasteiger partial charge in [-0.15, -0.1) is 0 Å². The number of carbonyl (C=O) groups is 2. The molecule has 5 rings (SSSR count). The largest absolute Gasteiger partial charge is 0.494 e. The minimum atomic E-state index is -0.112. The molecule has 8 heteroatoms. The second-order valence-corrected chi connectivity index (χ2v) is 9.23. The van der Waals surface area contributed by atoms with Crippen LogP contribution in [0, 0.1) is 5.92 Å². The van der Waals surface area contributed by atoms with Crippen molar-refractivity contribution in [2.24, 2.45) is 5.92 Å². The molecule has 8 nitrogen and oxygen atoms in total. The van der Waals surface area contributed by atoms with E-state index in [4.69, 9.17) is 9.47 Å². The summed E-state index contributed by atoms with van der Waals surface area (Å²) in [4.78, 5) is 32.3. The highest BCUT2D eigenvalue weighted by molar-refractivity contribution is 5.93. The molecule has 1 atom stereocenters. The van der Waals surface area contributed by atoms with Gasteiger partial charge < -0.3 is 24.3 Å². The van der Waals surface area contributed by atoms with Crippen LogP contribution >= 0.6 is 0 Å². The Hall–Kier alpha value is -3.65. The van der Waals surface area contributed by atoms with E-state index in [9.17, 15) is 9.59 Å². The van der Waals surface area contributed by atoms with Gasteiger partial charge >= 0.3 is 0 Å². The molecule has 3 aromatic rings. The molecule has 0 bridgehead atoms. The van der Waals surface area contributed by atoms with Gasteiger partial charge in [0, 0.05) is 31.1 Å². The number of aromatic nitrogens is 2. The monoisotopic (exact) mass is 488 g/mol. The highest BCUT2D eigenvalue weighted by Crippen LogP contribution is 2.29. The van der Waals surface area contributed by atoms with Crippen LogP contribution in [0.3, 0.4) is 0 Å². The smallest absolute Gasteiger partial charge is 0.274 e. The topological polar surface area (TPSA) is 85.7 Å². The van der Waals surface area contributed by atoms with Crippen molar-refractivity contribution in [2.45, 2.75) is 45.6 Å². The van der Waals surface area contributed by atoms with Gasteiger partial charge in [-0.25, -0.2) is 4.98 Å². The van der Waals surface area contributed by atoms with Crippen molar-refractivity contribution in [2.75, 3.05) is 19.7 Å². The Balaban J connectivity index is 1.14. The first-order chi connectivity index (χ1) is 17.6. The van der Waals surface area contributed by atoms with Crippen molar-refractivity contribution in [1.82, 2.24) is 19.8 Å². The average Bonchev–Trinajstić information content (AvgIpc) is 3.36. The number of carbonyl (C=O) groups excluding carboxylic acids is 2. The van der Waals surface area contributed by atoms with Crippen molar-refractivity contribution in [3.05, 3.63) is 83.4 Å². The van der Waals surface area contributed by atoms with Crippen molar-refractivity contribution in [3.8, 4) is 5.75 Å². The van der Waals surface area contributed by atoms with Crippen LogP contribution in [0.15, 0.2) is 60.9 Å². The molecule has 0 saturated carbocycles. The van der Waals surface area contributed by atoms with Crippen LogP contribution in [0.2, 0.25) is 0 Å². The maximum Gasteiger partial charge on any atom is 0.274 e. The number of nitrogens with zero attached hydrogens (tertiary/aromatic N) is 3. The fourth-order valence-corrected chi connectivity index (χ4v) is 4.94. The zero-order chi connectivity index (χ0) is 24.9. The summed E-state index contributed by atoms with van der Waals surface area (Å²) in [6, 6.07) is 17.8. The van der Waals surface area contributed by atoms with E-state index < -0.39 is 0 Å². The summed E-state index contributed by atoms with van der Waals surface area (Å²) in [5.41, 5.74) is 3.35.